The van der Waals surface area contributed by atoms with Crippen molar-refractivity contribution in [1.29, 1.82) is 0 Å². The molecule has 0 spiro atoms. The molecule has 0 amide bonds. The first kappa shape index (κ1) is 10.9. The van der Waals surface area contributed by atoms with Crippen LogP contribution >= 0.6 is 0 Å². The predicted molar refractivity (Wildman–Crippen MR) is 64.6 cm³/mol. The zero-order chi connectivity index (χ0) is 11.5. The van der Waals surface area contributed by atoms with Crippen LogP contribution in [0.3, 0.4) is 0 Å². The molecule has 0 atom stereocenters. The van der Waals surface area contributed by atoms with Gasteiger partial charge in [-0.05, 0) is 24.1 Å². The number of aromatic nitrogens is 2. The van der Waals surface area contributed by atoms with Crippen LogP contribution in [0.1, 0.15) is 37.6 Å². The Kier molecular flexibility index (Phi) is 3.04. The fourth-order valence-electron chi connectivity index (χ4n) is 1.73. The average Bonchev–Trinajstić information content (AvgIpc) is 2.69. The highest BCUT2D eigenvalue weighted by atomic mass is 16.1. The molecule has 1 heterocycles. The number of nitrogens with zero attached hydrogens (tertiary/aromatic N) is 1. The molecule has 0 aliphatic heterocycles. The van der Waals surface area contributed by atoms with Gasteiger partial charge in [0.1, 0.15) is 12.1 Å². The summed E-state index contributed by atoms with van der Waals surface area (Å²) in [5, 5.41) is 0. The summed E-state index contributed by atoms with van der Waals surface area (Å²) in [7, 11) is 0. The molecule has 1 aromatic carbocycles. The van der Waals surface area contributed by atoms with E-state index in [1.165, 1.54) is 5.56 Å². The highest BCUT2D eigenvalue weighted by Crippen LogP contribution is 2.18. The Balaban J connectivity index is 2.34. The molecule has 0 saturated carbocycles. The number of aryl methyl sites for hydroxylation is 1. The van der Waals surface area contributed by atoms with Crippen LogP contribution in [0.15, 0.2) is 18.2 Å². The van der Waals surface area contributed by atoms with Crippen LogP contribution in [-0.2, 0) is 11.2 Å². The van der Waals surface area contributed by atoms with Crippen LogP contribution in [0.2, 0.25) is 0 Å². The summed E-state index contributed by atoms with van der Waals surface area (Å²) >= 11 is 0. The number of carbonyl (C=O) groups excluding carboxylic acids is 1. The molecular formula is C13H16N2O. The minimum atomic E-state index is 0.408. The molecule has 2 rings (SSSR count). The Bertz CT molecular complexity index is 500. The predicted octanol–water partition coefficient (Wildman–Crippen LogP) is 2.82. The molecule has 0 fully saturated rings. The Morgan fingerprint density at radius 3 is 2.94 bits per heavy atom. The number of H-pyrrole nitrogens is 1. The zero-order valence-corrected chi connectivity index (χ0v) is 9.66. The van der Waals surface area contributed by atoms with Crippen molar-refractivity contribution in [2.45, 2.75) is 32.6 Å². The first-order chi connectivity index (χ1) is 7.70. The van der Waals surface area contributed by atoms with Gasteiger partial charge in [-0.25, -0.2) is 4.98 Å². The summed E-state index contributed by atoms with van der Waals surface area (Å²) in [6.45, 7) is 4.23. The largest absolute Gasteiger partial charge is 0.342 e. The zero-order valence-electron chi connectivity index (χ0n) is 9.66. The van der Waals surface area contributed by atoms with E-state index in [0.29, 0.717) is 12.3 Å². The Morgan fingerprint density at radius 2 is 2.25 bits per heavy atom. The lowest BCUT2D eigenvalue weighted by molar-refractivity contribution is -0.107. The van der Waals surface area contributed by atoms with Crippen molar-refractivity contribution in [2.24, 2.45) is 0 Å². The second-order valence-electron chi connectivity index (χ2n) is 4.33. The third kappa shape index (κ3) is 2.13. The number of rotatable bonds is 4. The third-order valence-electron chi connectivity index (χ3n) is 2.66. The lowest BCUT2D eigenvalue weighted by Gasteiger charge is -1.97. The van der Waals surface area contributed by atoms with Crippen LogP contribution in [-0.4, -0.2) is 16.3 Å². The minimum absolute atomic E-state index is 0.408. The monoisotopic (exact) mass is 216 g/mol. The van der Waals surface area contributed by atoms with E-state index in [4.69, 9.17) is 0 Å². The highest BCUT2D eigenvalue weighted by Gasteiger charge is 2.06. The molecule has 2 aromatic rings. The first-order valence-corrected chi connectivity index (χ1v) is 5.63. The topological polar surface area (TPSA) is 45.8 Å². The SMILES string of the molecule is CC(C)c1nc2ccc(CCC=O)cc2[nH]1. The average molecular weight is 216 g/mol. The second-order valence-corrected chi connectivity index (χ2v) is 4.33. The van der Waals surface area contributed by atoms with Crippen LogP contribution < -0.4 is 0 Å². The molecule has 0 radical (unpaired) electrons. The van der Waals surface area contributed by atoms with E-state index in [9.17, 15) is 4.79 Å². The quantitative estimate of drug-likeness (QED) is 0.799. The van der Waals surface area contributed by atoms with Crippen molar-refractivity contribution in [2.75, 3.05) is 0 Å². The lowest BCUT2D eigenvalue weighted by atomic mass is 10.1. The Morgan fingerprint density at radius 1 is 1.44 bits per heavy atom. The van der Waals surface area contributed by atoms with Crippen molar-refractivity contribution in [1.82, 2.24) is 9.97 Å². The number of carbonyl (C=O) groups is 1. The summed E-state index contributed by atoms with van der Waals surface area (Å²) in [6.07, 6.45) is 2.34. The lowest BCUT2D eigenvalue weighted by Crippen LogP contribution is -1.88. The fourth-order valence-corrected chi connectivity index (χ4v) is 1.73. The van der Waals surface area contributed by atoms with Gasteiger partial charge in [-0.1, -0.05) is 19.9 Å². The molecule has 1 N–H and O–H groups in total. The number of imidazole rings is 1. The van der Waals surface area contributed by atoms with Crippen molar-refractivity contribution in [3.8, 4) is 0 Å². The molecule has 3 nitrogen and oxygen atoms in total. The molecule has 0 saturated heterocycles. The van der Waals surface area contributed by atoms with E-state index in [1.54, 1.807) is 0 Å². The maximum atomic E-state index is 10.3. The van der Waals surface area contributed by atoms with E-state index < -0.39 is 0 Å². The summed E-state index contributed by atoms with van der Waals surface area (Å²) < 4.78 is 0. The number of benzene rings is 1. The van der Waals surface area contributed by atoms with E-state index in [1.807, 2.05) is 12.1 Å². The van der Waals surface area contributed by atoms with Gasteiger partial charge < -0.3 is 9.78 Å². The van der Waals surface area contributed by atoms with Crippen LogP contribution in [0.25, 0.3) is 11.0 Å². The standard InChI is InChI=1S/C13H16N2O/c1-9(2)13-14-11-6-5-10(4-3-7-16)8-12(11)15-13/h5-9H,3-4H2,1-2H3,(H,14,15). The molecule has 84 valence electrons. The molecular weight excluding hydrogens is 200 g/mol. The summed E-state index contributed by atoms with van der Waals surface area (Å²) in [6, 6.07) is 6.13. The van der Waals surface area contributed by atoms with Gasteiger partial charge in [-0.15, -0.1) is 0 Å². The van der Waals surface area contributed by atoms with Crippen LogP contribution in [0.5, 0.6) is 0 Å². The van der Waals surface area contributed by atoms with Gasteiger partial charge in [0, 0.05) is 12.3 Å². The highest BCUT2D eigenvalue weighted by molar-refractivity contribution is 5.76. The van der Waals surface area contributed by atoms with Crippen LogP contribution in [0, 0.1) is 0 Å². The van der Waals surface area contributed by atoms with Crippen molar-refractivity contribution < 1.29 is 4.79 Å². The Hall–Kier alpha value is -1.64. The van der Waals surface area contributed by atoms with E-state index in [-0.39, 0.29) is 0 Å². The van der Waals surface area contributed by atoms with Crippen molar-refractivity contribution >= 4 is 17.3 Å². The van der Waals surface area contributed by atoms with Gasteiger partial charge in [-0.3, -0.25) is 0 Å². The molecule has 0 aliphatic carbocycles. The molecule has 0 aliphatic rings. The molecule has 0 unspecified atom stereocenters. The van der Waals surface area contributed by atoms with Crippen molar-refractivity contribution in [3.05, 3.63) is 29.6 Å². The normalized spacial score (nSPS) is 11.2. The maximum Gasteiger partial charge on any atom is 0.120 e. The summed E-state index contributed by atoms with van der Waals surface area (Å²) in [5.74, 6) is 1.42. The van der Waals surface area contributed by atoms with Gasteiger partial charge in [0.2, 0.25) is 0 Å². The number of hydrogen-bond donors (Lipinski definition) is 1. The molecule has 3 heteroatoms. The van der Waals surface area contributed by atoms with E-state index in [0.717, 1.165) is 29.6 Å². The third-order valence-corrected chi connectivity index (χ3v) is 2.66. The molecule has 16 heavy (non-hydrogen) atoms. The van der Waals surface area contributed by atoms with Gasteiger partial charge in [-0.2, -0.15) is 0 Å². The minimum Gasteiger partial charge on any atom is -0.342 e. The van der Waals surface area contributed by atoms with Crippen molar-refractivity contribution in [3.63, 3.8) is 0 Å². The number of aldehydes is 1. The first-order valence-electron chi connectivity index (χ1n) is 5.63. The fraction of sp³-hybridized carbons (Fsp3) is 0.385. The molecule has 0 bridgehead atoms. The van der Waals surface area contributed by atoms with Gasteiger partial charge in [0.25, 0.3) is 0 Å². The number of hydrogen-bond acceptors (Lipinski definition) is 2. The maximum absolute atomic E-state index is 10.3. The smallest absolute Gasteiger partial charge is 0.120 e. The van der Waals surface area contributed by atoms with E-state index in [2.05, 4.69) is 29.9 Å². The van der Waals surface area contributed by atoms with Gasteiger partial charge in [0.05, 0.1) is 11.0 Å². The van der Waals surface area contributed by atoms with Crippen LogP contribution in [0.4, 0.5) is 0 Å². The number of aromatic amines is 1. The summed E-state index contributed by atoms with van der Waals surface area (Å²) in [4.78, 5) is 18.1. The van der Waals surface area contributed by atoms with E-state index >= 15 is 0 Å². The Labute approximate surface area is 94.9 Å². The van der Waals surface area contributed by atoms with Gasteiger partial charge in [0.15, 0.2) is 0 Å². The number of fused-ring (bicyclic) bond motifs is 1. The summed E-state index contributed by atoms with van der Waals surface area (Å²) in [5.41, 5.74) is 3.24. The second kappa shape index (κ2) is 4.47. The van der Waals surface area contributed by atoms with Gasteiger partial charge >= 0.3 is 0 Å². The number of nitrogens with one attached hydrogen (secondary N) is 1. The molecule has 1 aromatic heterocycles.